The average Bonchev–Trinajstić information content (AvgIpc) is 2.28. The van der Waals surface area contributed by atoms with E-state index in [0.717, 1.165) is 18.1 Å². The normalized spacial score (nSPS) is 15.4. The quantitative estimate of drug-likeness (QED) is 0.744. The molecule has 0 bridgehead atoms. The summed E-state index contributed by atoms with van der Waals surface area (Å²) in [4.78, 5) is 2.41. The number of aryl methyl sites for hydroxylation is 1. The maximum atomic E-state index is 6.55. The van der Waals surface area contributed by atoms with Crippen LogP contribution in [0.25, 0.3) is 0 Å². The summed E-state index contributed by atoms with van der Waals surface area (Å²) in [6.07, 6.45) is 2.42. The molecule has 1 aliphatic rings. The molecule has 0 spiro atoms. The number of hydrogen-bond acceptors (Lipinski definition) is 1. The highest BCUT2D eigenvalue weighted by Gasteiger charge is 2.21. The van der Waals surface area contributed by atoms with E-state index in [-0.39, 0.29) is 0 Å². The van der Waals surface area contributed by atoms with Gasteiger partial charge in [0.25, 0.3) is 0 Å². The van der Waals surface area contributed by atoms with Crippen molar-refractivity contribution in [2.45, 2.75) is 39.5 Å². The van der Waals surface area contributed by atoms with E-state index in [1.54, 1.807) is 0 Å². The van der Waals surface area contributed by atoms with Crippen LogP contribution in [0.5, 0.6) is 0 Å². The second-order valence-corrected chi connectivity index (χ2v) is 5.19. The van der Waals surface area contributed by atoms with E-state index >= 15 is 0 Å². The topological polar surface area (TPSA) is 3.24 Å². The summed E-state index contributed by atoms with van der Waals surface area (Å²) in [6, 6.07) is 4.46. The molecule has 2 rings (SSSR count). The predicted molar refractivity (Wildman–Crippen MR) is 71.7 cm³/mol. The lowest BCUT2D eigenvalue weighted by molar-refractivity contribution is 0.705. The molecule has 1 aromatic carbocycles. The minimum Gasteiger partial charge on any atom is -0.370 e. The molecule has 0 radical (unpaired) electrons. The Balaban J connectivity index is 2.52. The van der Waals surface area contributed by atoms with Gasteiger partial charge in [0.1, 0.15) is 0 Å². The first-order valence-corrected chi connectivity index (χ1v) is 6.59. The number of fused-ring (bicyclic) bond motifs is 1. The van der Waals surface area contributed by atoms with Crippen LogP contribution in [0, 0.1) is 0 Å². The first-order chi connectivity index (χ1) is 7.65. The fourth-order valence-electron chi connectivity index (χ4n) is 2.50. The van der Waals surface area contributed by atoms with Gasteiger partial charge in [-0.3, -0.25) is 0 Å². The zero-order valence-corrected chi connectivity index (χ0v) is 11.1. The van der Waals surface area contributed by atoms with Crippen LogP contribution in [-0.2, 0) is 6.42 Å². The molecule has 1 heterocycles. The highest BCUT2D eigenvalue weighted by atomic mass is 35.5. The van der Waals surface area contributed by atoms with E-state index < -0.39 is 0 Å². The fourth-order valence-corrected chi connectivity index (χ4v) is 3.02. The van der Waals surface area contributed by atoms with Crippen LogP contribution in [0.2, 0.25) is 5.02 Å². The number of benzene rings is 1. The first kappa shape index (κ1) is 11.8. The first-order valence-electron chi connectivity index (χ1n) is 6.21. The summed E-state index contributed by atoms with van der Waals surface area (Å²) in [5.41, 5.74) is 3.99. The summed E-state index contributed by atoms with van der Waals surface area (Å²) in [5, 5.41) is 0.981. The van der Waals surface area contributed by atoms with Gasteiger partial charge in [0.2, 0.25) is 0 Å². The van der Waals surface area contributed by atoms with E-state index in [1.165, 1.54) is 29.7 Å². The molecular weight excluding hydrogens is 218 g/mol. The van der Waals surface area contributed by atoms with Crippen molar-refractivity contribution < 1.29 is 0 Å². The molecule has 2 heteroatoms. The van der Waals surface area contributed by atoms with E-state index in [9.17, 15) is 0 Å². The van der Waals surface area contributed by atoms with Crippen molar-refractivity contribution in [3.8, 4) is 0 Å². The van der Waals surface area contributed by atoms with Crippen molar-refractivity contribution in [3.63, 3.8) is 0 Å². The number of hydrogen-bond donors (Lipinski definition) is 0. The molecule has 0 atom stereocenters. The van der Waals surface area contributed by atoms with Crippen LogP contribution in [-0.4, -0.2) is 13.1 Å². The van der Waals surface area contributed by atoms with Crippen LogP contribution in [0.15, 0.2) is 12.1 Å². The van der Waals surface area contributed by atoms with E-state index in [2.05, 4.69) is 37.8 Å². The molecule has 0 amide bonds. The number of halogens is 1. The second kappa shape index (κ2) is 4.67. The Hall–Kier alpha value is -0.690. The summed E-state index contributed by atoms with van der Waals surface area (Å²) >= 11 is 6.55. The van der Waals surface area contributed by atoms with Crippen LogP contribution in [0.4, 0.5) is 5.69 Å². The third-order valence-electron chi connectivity index (χ3n) is 3.42. The van der Waals surface area contributed by atoms with Crippen LogP contribution in [0.1, 0.15) is 44.2 Å². The SMILES string of the molecule is CCN1CCCc2ccc(C(C)C)c(Cl)c21. The standard InChI is InChI=1S/C14H20ClN/c1-4-16-9-5-6-11-7-8-12(10(2)3)13(15)14(11)16/h7-8,10H,4-6,9H2,1-3H3. The minimum absolute atomic E-state index is 0.499. The Morgan fingerprint density at radius 2 is 2.12 bits per heavy atom. The third kappa shape index (κ3) is 1.93. The molecule has 0 fully saturated rings. The molecule has 1 aromatic rings. The van der Waals surface area contributed by atoms with Gasteiger partial charge in [-0.05, 0) is 36.8 Å². The van der Waals surface area contributed by atoms with Gasteiger partial charge in [-0.15, -0.1) is 0 Å². The Labute approximate surface area is 103 Å². The highest BCUT2D eigenvalue weighted by molar-refractivity contribution is 6.34. The lowest BCUT2D eigenvalue weighted by Gasteiger charge is -2.32. The molecule has 0 saturated carbocycles. The predicted octanol–water partition coefficient (Wildman–Crippen LogP) is 4.24. The molecule has 0 aliphatic carbocycles. The molecular formula is C14H20ClN. The largest absolute Gasteiger partial charge is 0.370 e. The smallest absolute Gasteiger partial charge is 0.0676 e. The monoisotopic (exact) mass is 237 g/mol. The lowest BCUT2D eigenvalue weighted by atomic mass is 9.95. The van der Waals surface area contributed by atoms with Gasteiger partial charge in [0.05, 0.1) is 10.7 Å². The van der Waals surface area contributed by atoms with Crippen LogP contribution >= 0.6 is 11.6 Å². The summed E-state index contributed by atoms with van der Waals surface area (Å²) in [5.74, 6) is 0.499. The van der Waals surface area contributed by atoms with E-state index in [1.807, 2.05) is 0 Å². The van der Waals surface area contributed by atoms with Crippen molar-refractivity contribution in [2.24, 2.45) is 0 Å². The van der Waals surface area contributed by atoms with Gasteiger partial charge in [-0.1, -0.05) is 37.6 Å². The third-order valence-corrected chi connectivity index (χ3v) is 3.82. The van der Waals surface area contributed by atoms with Gasteiger partial charge >= 0.3 is 0 Å². The van der Waals surface area contributed by atoms with Gasteiger partial charge in [0, 0.05) is 13.1 Å². The second-order valence-electron chi connectivity index (χ2n) is 4.81. The van der Waals surface area contributed by atoms with Gasteiger partial charge in [-0.25, -0.2) is 0 Å². The zero-order chi connectivity index (χ0) is 11.7. The minimum atomic E-state index is 0.499. The summed E-state index contributed by atoms with van der Waals surface area (Å²) in [6.45, 7) is 8.80. The van der Waals surface area contributed by atoms with Gasteiger partial charge < -0.3 is 4.90 Å². The maximum Gasteiger partial charge on any atom is 0.0676 e. The average molecular weight is 238 g/mol. The number of nitrogens with zero attached hydrogens (tertiary/aromatic N) is 1. The summed E-state index contributed by atoms with van der Waals surface area (Å²) < 4.78 is 0. The number of rotatable bonds is 2. The van der Waals surface area contributed by atoms with Crippen molar-refractivity contribution in [3.05, 3.63) is 28.3 Å². The molecule has 0 unspecified atom stereocenters. The van der Waals surface area contributed by atoms with Crippen LogP contribution < -0.4 is 4.90 Å². The molecule has 16 heavy (non-hydrogen) atoms. The zero-order valence-electron chi connectivity index (χ0n) is 10.4. The Morgan fingerprint density at radius 3 is 2.75 bits per heavy atom. The molecule has 1 nitrogen and oxygen atoms in total. The van der Waals surface area contributed by atoms with Crippen molar-refractivity contribution in [2.75, 3.05) is 18.0 Å². The Morgan fingerprint density at radius 1 is 1.38 bits per heavy atom. The van der Waals surface area contributed by atoms with E-state index in [0.29, 0.717) is 5.92 Å². The molecule has 88 valence electrons. The summed E-state index contributed by atoms with van der Waals surface area (Å²) in [7, 11) is 0. The number of anilines is 1. The maximum absolute atomic E-state index is 6.55. The molecule has 0 saturated heterocycles. The molecule has 1 aliphatic heterocycles. The van der Waals surface area contributed by atoms with Gasteiger partial charge in [0.15, 0.2) is 0 Å². The molecule has 0 N–H and O–H groups in total. The Bertz CT molecular complexity index is 385. The van der Waals surface area contributed by atoms with Crippen molar-refractivity contribution in [1.29, 1.82) is 0 Å². The highest BCUT2D eigenvalue weighted by Crippen LogP contribution is 2.39. The fraction of sp³-hybridized carbons (Fsp3) is 0.571. The Kier molecular flexibility index (Phi) is 3.44. The van der Waals surface area contributed by atoms with Crippen molar-refractivity contribution >= 4 is 17.3 Å². The van der Waals surface area contributed by atoms with Gasteiger partial charge in [-0.2, -0.15) is 0 Å². The van der Waals surface area contributed by atoms with Crippen LogP contribution in [0.3, 0.4) is 0 Å². The van der Waals surface area contributed by atoms with Crippen molar-refractivity contribution in [1.82, 2.24) is 0 Å². The lowest BCUT2D eigenvalue weighted by Crippen LogP contribution is -2.29. The molecule has 0 aromatic heterocycles. The van der Waals surface area contributed by atoms with E-state index in [4.69, 9.17) is 11.6 Å².